The number of carbonyl (C=O) groups is 1. The molecule has 0 amide bonds. The molecule has 0 fully saturated rings. The summed E-state index contributed by atoms with van der Waals surface area (Å²) in [4.78, 5) is 10.6. The van der Waals surface area contributed by atoms with Crippen molar-refractivity contribution in [3.8, 4) is 0 Å². The lowest BCUT2D eigenvalue weighted by molar-refractivity contribution is -0.104. The second-order valence-corrected chi connectivity index (χ2v) is 12.0. The Kier molecular flexibility index (Phi) is 17.0. The molecule has 1 rings (SSSR count). The first kappa shape index (κ1) is 35.6. The summed E-state index contributed by atoms with van der Waals surface area (Å²) in [5, 5.41) is 0. The molecule has 41 heavy (non-hydrogen) atoms. The summed E-state index contributed by atoms with van der Waals surface area (Å²) in [6.07, 6.45) is 40.7. The van der Waals surface area contributed by atoms with Gasteiger partial charge in [0.2, 0.25) is 0 Å². The lowest BCUT2D eigenvalue weighted by Gasteiger charge is -2.32. The molecule has 0 unspecified atom stereocenters. The van der Waals surface area contributed by atoms with Gasteiger partial charge in [-0.2, -0.15) is 0 Å². The van der Waals surface area contributed by atoms with Crippen LogP contribution in [0.25, 0.3) is 0 Å². The highest BCUT2D eigenvalue weighted by atomic mass is 16.1. The van der Waals surface area contributed by atoms with Gasteiger partial charge < -0.3 is 0 Å². The van der Waals surface area contributed by atoms with Crippen LogP contribution >= 0.6 is 0 Å². The van der Waals surface area contributed by atoms with Gasteiger partial charge in [-0.15, -0.1) is 0 Å². The van der Waals surface area contributed by atoms with Gasteiger partial charge in [-0.05, 0) is 97.1 Å². The fourth-order valence-electron chi connectivity index (χ4n) is 4.59. The smallest absolute Gasteiger partial charge is 0.145 e. The Morgan fingerprint density at radius 3 is 1.68 bits per heavy atom. The van der Waals surface area contributed by atoms with E-state index in [0.717, 1.165) is 24.7 Å². The fourth-order valence-corrected chi connectivity index (χ4v) is 4.59. The van der Waals surface area contributed by atoms with Crippen LogP contribution in [0.15, 0.2) is 142 Å². The van der Waals surface area contributed by atoms with Gasteiger partial charge in [-0.1, -0.05) is 145 Å². The highest BCUT2D eigenvalue weighted by molar-refractivity contribution is 5.71. The molecular weight excluding hydrogens is 496 g/mol. The van der Waals surface area contributed by atoms with Crippen molar-refractivity contribution in [2.75, 3.05) is 0 Å². The van der Waals surface area contributed by atoms with E-state index in [2.05, 4.69) is 147 Å². The molecule has 0 heterocycles. The van der Waals surface area contributed by atoms with Crippen LogP contribution in [0.4, 0.5) is 0 Å². The summed E-state index contributed by atoms with van der Waals surface area (Å²) in [6, 6.07) is 0. The molecular formula is C40H54O. The van der Waals surface area contributed by atoms with Crippen molar-refractivity contribution < 1.29 is 4.79 Å². The van der Waals surface area contributed by atoms with E-state index in [1.165, 1.54) is 58.3 Å². The third-order valence-electron chi connectivity index (χ3n) is 7.25. The van der Waals surface area contributed by atoms with E-state index in [-0.39, 0.29) is 5.41 Å². The normalized spacial score (nSPS) is 18.9. The summed E-state index contributed by atoms with van der Waals surface area (Å²) < 4.78 is 0. The zero-order valence-electron chi connectivity index (χ0n) is 27.3. The van der Waals surface area contributed by atoms with Crippen LogP contribution in [0, 0.1) is 5.41 Å². The molecule has 0 aromatic carbocycles. The summed E-state index contributed by atoms with van der Waals surface area (Å²) >= 11 is 0. The molecule has 0 N–H and O–H groups in total. The average Bonchev–Trinajstić information content (AvgIpc) is 2.90. The van der Waals surface area contributed by atoms with Crippen LogP contribution in [0.2, 0.25) is 0 Å². The van der Waals surface area contributed by atoms with Gasteiger partial charge in [0.05, 0.1) is 0 Å². The molecule has 0 saturated carbocycles. The van der Waals surface area contributed by atoms with Gasteiger partial charge >= 0.3 is 0 Å². The third kappa shape index (κ3) is 16.4. The van der Waals surface area contributed by atoms with Crippen molar-refractivity contribution in [2.45, 2.75) is 94.4 Å². The summed E-state index contributed by atoms with van der Waals surface area (Å²) in [5.74, 6) is 0. The molecule has 0 aromatic heterocycles. The highest BCUT2D eigenvalue weighted by Crippen LogP contribution is 2.40. The van der Waals surface area contributed by atoms with Crippen molar-refractivity contribution in [2.24, 2.45) is 5.41 Å². The zero-order chi connectivity index (χ0) is 30.7. The molecule has 0 aromatic rings. The van der Waals surface area contributed by atoms with Gasteiger partial charge in [0, 0.05) is 0 Å². The van der Waals surface area contributed by atoms with Crippen molar-refractivity contribution >= 4 is 6.29 Å². The van der Waals surface area contributed by atoms with Crippen molar-refractivity contribution in [1.29, 1.82) is 0 Å². The maximum atomic E-state index is 10.6. The molecule has 0 atom stereocenters. The number of carbonyl (C=O) groups excluding carboxylic acids is 1. The Labute approximate surface area is 252 Å². The Balaban J connectivity index is 2.58. The molecule has 0 saturated heterocycles. The molecule has 0 radical (unpaired) electrons. The van der Waals surface area contributed by atoms with Gasteiger partial charge in [-0.3, -0.25) is 4.79 Å². The fraction of sp³-hybridized carbons (Fsp3) is 0.375. The zero-order valence-corrected chi connectivity index (χ0v) is 27.3. The van der Waals surface area contributed by atoms with Crippen LogP contribution in [0.3, 0.4) is 0 Å². The maximum absolute atomic E-state index is 10.6. The first-order chi connectivity index (χ1) is 19.4. The summed E-state index contributed by atoms with van der Waals surface area (Å²) in [5.41, 5.74) is 10.3. The molecule has 220 valence electrons. The van der Waals surface area contributed by atoms with Crippen LogP contribution in [-0.4, -0.2) is 6.29 Å². The minimum absolute atomic E-state index is 0.282. The third-order valence-corrected chi connectivity index (χ3v) is 7.25. The summed E-state index contributed by atoms with van der Waals surface area (Å²) in [6.45, 7) is 19.5. The maximum Gasteiger partial charge on any atom is 0.145 e. The van der Waals surface area contributed by atoms with Crippen molar-refractivity contribution in [3.63, 3.8) is 0 Å². The Morgan fingerprint density at radius 2 is 1.17 bits per heavy atom. The van der Waals surface area contributed by atoms with Crippen LogP contribution in [0.1, 0.15) is 94.4 Å². The minimum Gasteiger partial charge on any atom is -0.298 e. The van der Waals surface area contributed by atoms with Gasteiger partial charge in [0.25, 0.3) is 0 Å². The average molecular weight is 551 g/mol. The monoisotopic (exact) mass is 550 g/mol. The van der Waals surface area contributed by atoms with Crippen molar-refractivity contribution in [3.05, 3.63) is 142 Å². The lowest BCUT2D eigenvalue weighted by atomic mass is 9.72. The van der Waals surface area contributed by atoms with E-state index in [0.29, 0.717) is 0 Å². The van der Waals surface area contributed by atoms with Crippen molar-refractivity contribution in [1.82, 2.24) is 0 Å². The SMILES string of the molecule is CC1=C(/C=C/C(C)=C/C=C/C(C)=C/C=C/C=C(C)/C=C/C=C(C)/C=C/C=C(\C)CC/C=C(\C)C=O)C(C)(C)CCC1. The lowest BCUT2D eigenvalue weighted by Crippen LogP contribution is -2.19. The number of hydrogen-bond donors (Lipinski definition) is 0. The number of rotatable bonds is 14. The molecule has 0 aliphatic heterocycles. The Hall–Kier alpha value is -3.45. The standard InChI is InChI=1S/C40H54O/c1-32(19-12-21-34(3)22-13-23-35(4)24-15-26-37(6)31-41)17-10-11-18-33(2)20-14-25-36(5)28-29-39-38(7)27-16-30-40(39,8)9/h10-14,17-23,25-26,28-29,31H,15-16,24,27,30H2,1-9H3/b11-10+,19-12+,20-14+,22-13+,29-28+,32-17+,33-18+,34-21+,35-23+,36-25+,37-26+. The predicted molar refractivity (Wildman–Crippen MR) is 184 cm³/mol. The molecule has 1 heteroatoms. The first-order valence-electron chi connectivity index (χ1n) is 15.0. The van der Waals surface area contributed by atoms with E-state index in [1.807, 2.05) is 13.0 Å². The molecule has 1 aliphatic carbocycles. The van der Waals surface area contributed by atoms with Crippen LogP contribution < -0.4 is 0 Å². The molecule has 0 spiro atoms. The van der Waals surface area contributed by atoms with Gasteiger partial charge in [0.1, 0.15) is 6.29 Å². The largest absolute Gasteiger partial charge is 0.298 e. The number of allylic oxidation sites excluding steroid dienone is 24. The predicted octanol–water partition coefficient (Wildman–Crippen LogP) is 12.0. The highest BCUT2D eigenvalue weighted by Gasteiger charge is 2.26. The number of aldehydes is 1. The van der Waals surface area contributed by atoms with E-state index >= 15 is 0 Å². The van der Waals surface area contributed by atoms with Gasteiger partial charge in [0.15, 0.2) is 0 Å². The molecule has 1 nitrogen and oxygen atoms in total. The quantitative estimate of drug-likeness (QED) is 0.119. The molecule has 1 aliphatic rings. The van der Waals surface area contributed by atoms with E-state index in [4.69, 9.17) is 0 Å². The Morgan fingerprint density at radius 1 is 0.683 bits per heavy atom. The first-order valence-corrected chi connectivity index (χ1v) is 15.0. The van der Waals surface area contributed by atoms with E-state index in [1.54, 1.807) is 0 Å². The Bertz CT molecular complexity index is 1230. The minimum atomic E-state index is 0.282. The topological polar surface area (TPSA) is 17.1 Å². The number of hydrogen-bond acceptors (Lipinski definition) is 1. The second-order valence-electron chi connectivity index (χ2n) is 12.0. The molecule has 0 bridgehead atoms. The summed E-state index contributed by atoms with van der Waals surface area (Å²) in [7, 11) is 0. The van der Waals surface area contributed by atoms with E-state index < -0.39 is 0 Å². The van der Waals surface area contributed by atoms with Crippen LogP contribution in [-0.2, 0) is 4.79 Å². The van der Waals surface area contributed by atoms with E-state index in [9.17, 15) is 4.79 Å². The van der Waals surface area contributed by atoms with Crippen LogP contribution in [0.5, 0.6) is 0 Å². The second kappa shape index (κ2) is 19.6. The van der Waals surface area contributed by atoms with Gasteiger partial charge in [-0.25, -0.2) is 0 Å².